The number of esters is 1. The molecule has 0 aliphatic carbocycles. The average molecular weight is 402 g/mol. The predicted octanol–water partition coefficient (Wildman–Crippen LogP) is 3.19. The van der Waals surface area contributed by atoms with Crippen molar-refractivity contribution in [3.05, 3.63) is 58.1 Å². The molecular formula is C16H13Cl2NO5S. The van der Waals surface area contributed by atoms with Gasteiger partial charge in [-0.2, -0.15) is 0 Å². The van der Waals surface area contributed by atoms with Crippen LogP contribution in [0.2, 0.25) is 10.0 Å². The highest BCUT2D eigenvalue weighted by Gasteiger charge is 2.14. The van der Waals surface area contributed by atoms with Gasteiger partial charge >= 0.3 is 5.97 Å². The summed E-state index contributed by atoms with van der Waals surface area (Å²) < 4.78 is 27.9. The number of carbonyl (C=O) groups is 2. The fourth-order valence-electron chi connectivity index (χ4n) is 1.84. The van der Waals surface area contributed by atoms with Crippen molar-refractivity contribution >= 4 is 50.6 Å². The number of amides is 1. The van der Waals surface area contributed by atoms with Crippen molar-refractivity contribution in [1.82, 2.24) is 0 Å². The summed E-state index contributed by atoms with van der Waals surface area (Å²) in [6.45, 7) is -0.540. The first-order valence-corrected chi connectivity index (χ1v) is 9.54. The minimum Gasteiger partial charge on any atom is -0.452 e. The van der Waals surface area contributed by atoms with E-state index in [0.29, 0.717) is 10.7 Å². The maximum Gasteiger partial charge on any atom is 0.338 e. The molecule has 2 aromatic carbocycles. The van der Waals surface area contributed by atoms with Crippen LogP contribution in [-0.2, 0) is 19.4 Å². The number of halogens is 2. The Hall–Kier alpha value is -2.09. The minimum atomic E-state index is -3.45. The lowest BCUT2D eigenvalue weighted by Gasteiger charge is -2.08. The van der Waals surface area contributed by atoms with Gasteiger partial charge < -0.3 is 10.1 Å². The number of anilines is 1. The first-order chi connectivity index (χ1) is 11.7. The second kappa shape index (κ2) is 7.86. The van der Waals surface area contributed by atoms with Crippen molar-refractivity contribution in [3.63, 3.8) is 0 Å². The number of hydrogen-bond donors (Lipinski definition) is 1. The fraction of sp³-hybridized carbons (Fsp3) is 0.125. The summed E-state index contributed by atoms with van der Waals surface area (Å²) in [6.07, 6.45) is 1.03. The number of nitrogens with one attached hydrogen (secondary N) is 1. The van der Waals surface area contributed by atoms with E-state index in [1.54, 1.807) is 6.07 Å². The van der Waals surface area contributed by atoms with Crippen LogP contribution in [0.5, 0.6) is 0 Å². The van der Waals surface area contributed by atoms with Gasteiger partial charge in [0.15, 0.2) is 16.4 Å². The highest BCUT2D eigenvalue weighted by molar-refractivity contribution is 7.90. The standard InChI is InChI=1S/C16H13Cl2NO5S/c1-25(22,23)12-4-2-3-10(7-12)16(21)24-9-15(20)19-11-5-6-13(17)14(18)8-11/h2-8H,9H2,1H3,(H,19,20). The second-order valence-electron chi connectivity index (χ2n) is 5.05. The van der Waals surface area contributed by atoms with Crippen molar-refractivity contribution in [2.75, 3.05) is 18.2 Å². The molecule has 0 aliphatic rings. The number of carbonyl (C=O) groups excluding carboxylic acids is 2. The molecule has 0 atom stereocenters. The Morgan fingerprint density at radius 2 is 1.80 bits per heavy atom. The normalized spacial score (nSPS) is 11.0. The molecule has 25 heavy (non-hydrogen) atoms. The summed E-state index contributed by atoms with van der Waals surface area (Å²) in [7, 11) is -3.45. The van der Waals surface area contributed by atoms with Crippen LogP contribution in [0.1, 0.15) is 10.4 Å². The quantitative estimate of drug-likeness (QED) is 0.776. The molecule has 0 aliphatic heterocycles. The Bertz CT molecular complexity index is 928. The van der Waals surface area contributed by atoms with Crippen LogP contribution in [-0.4, -0.2) is 33.2 Å². The summed E-state index contributed by atoms with van der Waals surface area (Å²) in [5, 5.41) is 3.11. The summed E-state index contributed by atoms with van der Waals surface area (Å²) in [5.41, 5.74) is 0.430. The third-order valence-corrected chi connectivity index (χ3v) is 4.88. The lowest BCUT2D eigenvalue weighted by atomic mass is 10.2. The fourth-order valence-corrected chi connectivity index (χ4v) is 2.80. The van der Waals surface area contributed by atoms with Gasteiger partial charge in [0.05, 0.1) is 20.5 Å². The third-order valence-electron chi connectivity index (χ3n) is 3.04. The van der Waals surface area contributed by atoms with E-state index in [0.717, 1.165) is 6.26 Å². The molecule has 6 nitrogen and oxygen atoms in total. The topological polar surface area (TPSA) is 89.5 Å². The van der Waals surface area contributed by atoms with Gasteiger partial charge in [0.2, 0.25) is 0 Å². The maximum atomic E-state index is 11.9. The largest absolute Gasteiger partial charge is 0.452 e. The van der Waals surface area contributed by atoms with Gasteiger partial charge in [-0.05, 0) is 36.4 Å². The maximum absolute atomic E-state index is 11.9. The third kappa shape index (κ3) is 5.45. The van der Waals surface area contributed by atoms with Gasteiger partial charge in [-0.3, -0.25) is 4.79 Å². The Morgan fingerprint density at radius 3 is 2.44 bits per heavy atom. The van der Waals surface area contributed by atoms with E-state index in [2.05, 4.69) is 5.32 Å². The van der Waals surface area contributed by atoms with Crippen LogP contribution < -0.4 is 5.32 Å². The molecule has 9 heteroatoms. The molecule has 1 N–H and O–H groups in total. The van der Waals surface area contributed by atoms with Gasteiger partial charge in [-0.25, -0.2) is 13.2 Å². The van der Waals surface area contributed by atoms with E-state index in [1.165, 1.54) is 36.4 Å². The van der Waals surface area contributed by atoms with Crippen molar-refractivity contribution < 1.29 is 22.7 Å². The lowest BCUT2D eigenvalue weighted by Crippen LogP contribution is -2.21. The Kier molecular flexibility index (Phi) is 6.05. The molecular weight excluding hydrogens is 389 g/mol. The zero-order valence-electron chi connectivity index (χ0n) is 13.0. The highest BCUT2D eigenvalue weighted by Crippen LogP contribution is 2.24. The summed E-state index contributed by atoms with van der Waals surface area (Å²) in [5.74, 6) is -1.39. The van der Waals surface area contributed by atoms with Crippen LogP contribution in [0.25, 0.3) is 0 Å². The summed E-state index contributed by atoms with van der Waals surface area (Å²) in [6, 6.07) is 9.89. The lowest BCUT2D eigenvalue weighted by molar-refractivity contribution is -0.119. The van der Waals surface area contributed by atoms with Gasteiger partial charge in [-0.15, -0.1) is 0 Å². The average Bonchev–Trinajstić information content (AvgIpc) is 2.55. The van der Waals surface area contributed by atoms with Crippen molar-refractivity contribution in [2.24, 2.45) is 0 Å². The van der Waals surface area contributed by atoms with Crippen molar-refractivity contribution in [3.8, 4) is 0 Å². The molecule has 0 aromatic heterocycles. The van der Waals surface area contributed by atoms with E-state index in [-0.39, 0.29) is 15.5 Å². The van der Waals surface area contributed by atoms with Gasteiger partial charge in [-0.1, -0.05) is 29.3 Å². The zero-order valence-corrected chi connectivity index (χ0v) is 15.3. The van der Waals surface area contributed by atoms with Crippen molar-refractivity contribution in [2.45, 2.75) is 4.90 Å². The molecule has 0 fully saturated rings. The number of ether oxygens (including phenoxy) is 1. The SMILES string of the molecule is CS(=O)(=O)c1cccc(C(=O)OCC(=O)Nc2ccc(Cl)c(Cl)c2)c1. The Morgan fingerprint density at radius 1 is 1.08 bits per heavy atom. The summed E-state index contributed by atoms with van der Waals surface area (Å²) in [4.78, 5) is 23.7. The molecule has 0 unspecified atom stereocenters. The van der Waals surface area contributed by atoms with E-state index in [1.807, 2.05) is 0 Å². The smallest absolute Gasteiger partial charge is 0.338 e. The number of rotatable bonds is 5. The number of sulfone groups is 1. The molecule has 0 saturated heterocycles. The van der Waals surface area contributed by atoms with Crippen LogP contribution in [0, 0.1) is 0 Å². The number of hydrogen-bond acceptors (Lipinski definition) is 5. The van der Waals surface area contributed by atoms with E-state index >= 15 is 0 Å². The van der Waals surface area contributed by atoms with Crippen molar-refractivity contribution in [1.29, 1.82) is 0 Å². The molecule has 0 spiro atoms. The van der Waals surface area contributed by atoms with E-state index in [4.69, 9.17) is 27.9 Å². The monoisotopic (exact) mass is 401 g/mol. The van der Waals surface area contributed by atoms with Crippen LogP contribution >= 0.6 is 23.2 Å². The van der Waals surface area contributed by atoms with Gasteiger partial charge in [0.1, 0.15) is 0 Å². The van der Waals surface area contributed by atoms with Crippen LogP contribution in [0.4, 0.5) is 5.69 Å². The Labute approximate surface area is 154 Å². The van der Waals surface area contributed by atoms with Crippen LogP contribution in [0.3, 0.4) is 0 Å². The van der Waals surface area contributed by atoms with Crippen LogP contribution in [0.15, 0.2) is 47.4 Å². The van der Waals surface area contributed by atoms with Gasteiger partial charge in [0.25, 0.3) is 5.91 Å². The van der Waals surface area contributed by atoms with E-state index < -0.39 is 28.3 Å². The molecule has 0 saturated carbocycles. The molecule has 0 radical (unpaired) electrons. The first-order valence-electron chi connectivity index (χ1n) is 6.89. The minimum absolute atomic E-state index is 0.0118. The highest BCUT2D eigenvalue weighted by atomic mass is 35.5. The predicted molar refractivity (Wildman–Crippen MR) is 94.9 cm³/mol. The summed E-state index contributed by atoms with van der Waals surface area (Å²) >= 11 is 11.6. The zero-order chi connectivity index (χ0) is 18.6. The second-order valence-corrected chi connectivity index (χ2v) is 7.88. The molecule has 2 aromatic rings. The van der Waals surface area contributed by atoms with E-state index in [9.17, 15) is 18.0 Å². The Balaban J connectivity index is 1.97. The molecule has 132 valence electrons. The molecule has 2 rings (SSSR count). The van der Waals surface area contributed by atoms with Gasteiger partial charge in [0, 0.05) is 11.9 Å². The first kappa shape index (κ1) is 19.2. The number of benzene rings is 2. The molecule has 0 bridgehead atoms. The molecule has 1 amide bonds. The molecule has 0 heterocycles.